The summed E-state index contributed by atoms with van der Waals surface area (Å²) in [5, 5.41) is 9.84. The number of hydrogen-bond donors (Lipinski definition) is 2. The Labute approximate surface area is 91.1 Å². The van der Waals surface area contributed by atoms with E-state index in [-0.39, 0.29) is 5.54 Å². The fourth-order valence-corrected chi connectivity index (χ4v) is 2.52. The van der Waals surface area contributed by atoms with Gasteiger partial charge in [0.25, 0.3) is 0 Å². The molecule has 0 aliphatic heterocycles. The van der Waals surface area contributed by atoms with Gasteiger partial charge in [-0.2, -0.15) is 0 Å². The van der Waals surface area contributed by atoms with E-state index in [1.165, 1.54) is 25.7 Å². The van der Waals surface area contributed by atoms with Crippen molar-refractivity contribution in [1.82, 2.24) is 0 Å². The van der Waals surface area contributed by atoms with Crippen LogP contribution in [-0.2, 0) is 5.54 Å². The fourth-order valence-electron chi connectivity index (χ4n) is 2.52. The molecule has 0 unspecified atom stereocenters. The molecule has 2 rings (SSSR count). The quantitative estimate of drug-likeness (QED) is 0.692. The molecule has 1 fully saturated rings. The van der Waals surface area contributed by atoms with Crippen LogP contribution in [0.4, 0.5) is 0 Å². The van der Waals surface area contributed by atoms with Crippen molar-refractivity contribution in [2.45, 2.75) is 44.1 Å². The molecule has 0 saturated heterocycles. The minimum Gasteiger partial charge on any atom is -0.508 e. The van der Waals surface area contributed by atoms with Gasteiger partial charge in [-0.15, -0.1) is 0 Å². The molecule has 15 heavy (non-hydrogen) atoms. The smallest absolute Gasteiger partial charge is 0.120 e. The second-order valence-corrected chi connectivity index (χ2v) is 4.59. The fraction of sp³-hybridized carbons (Fsp3) is 0.538. The van der Waals surface area contributed by atoms with E-state index in [0.29, 0.717) is 5.75 Å². The van der Waals surface area contributed by atoms with Crippen molar-refractivity contribution in [1.29, 1.82) is 0 Å². The Morgan fingerprint density at radius 1 is 1.00 bits per heavy atom. The molecule has 0 atom stereocenters. The molecule has 82 valence electrons. The summed E-state index contributed by atoms with van der Waals surface area (Å²) in [7, 11) is 0. The summed E-state index contributed by atoms with van der Waals surface area (Å²) in [5.41, 5.74) is 7.04. The van der Waals surface area contributed by atoms with Crippen LogP contribution in [0, 0.1) is 0 Å². The SMILES string of the molecule is NC1(c2ccccc2O)CCCCCC1. The van der Waals surface area contributed by atoms with Gasteiger partial charge in [0.05, 0.1) is 0 Å². The Morgan fingerprint density at radius 3 is 2.20 bits per heavy atom. The van der Waals surface area contributed by atoms with Crippen molar-refractivity contribution in [3.8, 4) is 5.75 Å². The zero-order valence-electron chi connectivity index (χ0n) is 9.08. The molecule has 3 N–H and O–H groups in total. The third-order valence-corrected chi connectivity index (χ3v) is 3.44. The molecule has 0 radical (unpaired) electrons. The van der Waals surface area contributed by atoms with Crippen LogP contribution < -0.4 is 5.73 Å². The summed E-state index contributed by atoms with van der Waals surface area (Å²) in [5.74, 6) is 0.349. The summed E-state index contributed by atoms with van der Waals surface area (Å²) < 4.78 is 0. The van der Waals surface area contributed by atoms with Crippen LogP contribution in [0.2, 0.25) is 0 Å². The number of para-hydroxylation sites is 1. The van der Waals surface area contributed by atoms with Gasteiger partial charge in [-0.05, 0) is 18.9 Å². The van der Waals surface area contributed by atoms with E-state index < -0.39 is 0 Å². The maximum atomic E-state index is 9.84. The molecule has 1 aromatic rings. The highest BCUT2D eigenvalue weighted by molar-refractivity contribution is 5.37. The third-order valence-electron chi connectivity index (χ3n) is 3.44. The lowest BCUT2D eigenvalue weighted by atomic mass is 9.83. The molecule has 1 aromatic carbocycles. The molecule has 1 aliphatic carbocycles. The zero-order valence-corrected chi connectivity index (χ0v) is 9.08. The normalized spacial score (nSPS) is 20.9. The molecular formula is C13H19NO. The zero-order chi connectivity index (χ0) is 10.7. The highest BCUT2D eigenvalue weighted by atomic mass is 16.3. The van der Waals surface area contributed by atoms with E-state index in [2.05, 4.69) is 0 Å². The van der Waals surface area contributed by atoms with Crippen LogP contribution in [-0.4, -0.2) is 5.11 Å². The van der Waals surface area contributed by atoms with Crippen molar-refractivity contribution in [3.63, 3.8) is 0 Å². The highest BCUT2D eigenvalue weighted by Crippen LogP contribution is 2.37. The number of aromatic hydroxyl groups is 1. The van der Waals surface area contributed by atoms with Gasteiger partial charge in [0.2, 0.25) is 0 Å². The number of rotatable bonds is 1. The minimum atomic E-state index is -0.304. The van der Waals surface area contributed by atoms with Gasteiger partial charge in [-0.25, -0.2) is 0 Å². The molecule has 0 heterocycles. The number of phenolic OH excluding ortho intramolecular Hbond substituents is 1. The lowest BCUT2D eigenvalue weighted by molar-refractivity contribution is 0.361. The average molecular weight is 205 g/mol. The van der Waals surface area contributed by atoms with E-state index in [1.54, 1.807) is 6.07 Å². The second-order valence-electron chi connectivity index (χ2n) is 4.59. The highest BCUT2D eigenvalue weighted by Gasteiger charge is 2.30. The molecule has 2 heteroatoms. The van der Waals surface area contributed by atoms with Crippen molar-refractivity contribution >= 4 is 0 Å². The van der Waals surface area contributed by atoms with Crippen LogP contribution in [0.5, 0.6) is 5.75 Å². The van der Waals surface area contributed by atoms with E-state index in [1.807, 2.05) is 18.2 Å². The van der Waals surface area contributed by atoms with Crippen molar-refractivity contribution < 1.29 is 5.11 Å². The standard InChI is InChI=1S/C13H19NO/c14-13(9-5-1-2-6-10-13)11-7-3-4-8-12(11)15/h3-4,7-8,15H,1-2,5-6,9-10,14H2. The first-order chi connectivity index (χ1) is 7.22. The van der Waals surface area contributed by atoms with Crippen LogP contribution >= 0.6 is 0 Å². The van der Waals surface area contributed by atoms with E-state index >= 15 is 0 Å². The summed E-state index contributed by atoms with van der Waals surface area (Å²) >= 11 is 0. The monoisotopic (exact) mass is 205 g/mol. The minimum absolute atomic E-state index is 0.304. The molecule has 0 amide bonds. The molecule has 0 spiro atoms. The van der Waals surface area contributed by atoms with Crippen molar-refractivity contribution in [3.05, 3.63) is 29.8 Å². The molecular weight excluding hydrogens is 186 g/mol. The molecule has 0 bridgehead atoms. The van der Waals surface area contributed by atoms with E-state index in [0.717, 1.165) is 18.4 Å². The number of phenols is 1. The van der Waals surface area contributed by atoms with Gasteiger partial charge < -0.3 is 10.8 Å². The Kier molecular flexibility index (Phi) is 2.96. The van der Waals surface area contributed by atoms with Gasteiger partial charge >= 0.3 is 0 Å². The van der Waals surface area contributed by atoms with Crippen molar-refractivity contribution in [2.75, 3.05) is 0 Å². The van der Waals surface area contributed by atoms with Gasteiger partial charge in [0.1, 0.15) is 5.75 Å². The lowest BCUT2D eigenvalue weighted by Crippen LogP contribution is -2.35. The maximum absolute atomic E-state index is 9.84. The lowest BCUT2D eigenvalue weighted by Gasteiger charge is -2.29. The predicted octanol–water partition coefficient (Wildman–Crippen LogP) is 2.90. The van der Waals surface area contributed by atoms with Crippen LogP contribution in [0.3, 0.4) is 0 Å². The first-order valence-electron chi connectivity index (χ1n) is 5.80. The molecule has 1 aliphatic rings. The first-order valence-corrected chi connectivity index (χ1v) is 5.80. The average Bonchev–Trinajstić information content (AvgIpc) is 2.44. The summed E-state index contributed by atoms with van der Waals surface area (Å²) in [6.45, 7) is 0. The Morgan fingerprint density at radius 2 is 1.60 bits per heavy atom. The first kappa shape index (κ1) is 10.5. The maximum Gasteiger partial charge on any atom is 0.120 e. The summed E-state index contributed by atoms with van der Waals surface area (Å²) in [6, 6.07) is 7.49. The predicted molar refractivity (Wildman–Crippen MR) is 61.7 cm³/mol. The Bertz CT molecular complexity index is 327. The summed E-state index contributed by atoms with van der Waals surface area (Å²) in [4.78, 5) is 0. The van der Waals surface area contributed by atoms with E-state index in [9.17, 15) is 5.11 Å². The van der Waals surface area contributed by atoms with Crippen molar-refractivity contribution in [2.24, 2.45) is 5.73 Å². The van der Waals surface area contributed by atoms with Crippen LogP contribution in [0.15, 0.2) is 24.3 Å². The molecule has 1 saturated carbocycles. The topological polar surface area (TPSA) is 46.2 Å². The van der Waals surface area contributed by atoms with Crippen LogP contribution in [0.1, 0.15) is 44.1 Å². The number of hydrogen-bond acceptors (Lipinski definition) is 2. The third kappa shape index (κ3) is 2.15. The van der Waals surface area contributed by atoms with Gasteiger partial charge in [0, 0.05) is 11.1 Å². The molecule has 2 nitrogen and oxygen atoms in total. The van der Waals surface area contributed by atoms with Gasteiger partial charge in [0.15, 0.2) is 0 Å². The molecule has 0 aromatic heterocycles. The second kappa shape index (κ2) is 4.23. The summed E-state index contributed by atoms with van der Waals surface area (Å²) in [6.07, 6.45) is 6.86. The van der Waals surface area contributed by atoms with E-state index in [4.69, 9.17) is 5.73 Å². The Balaban J connectivity index is 2.30. The van der Waals surface area contributed by atoms with Gasteiger partial charge in [-0.3, -0.25) is 0 Å². The largest absolute Gasteiger partial charge is 0.508 e. The van der Waals surface area contributed by atoms with Crippen LogP contribution in [0.25, 0.3) is 0 Å². The van der Waals surface area contributed by atoms with Gasteiger partial charge in [-0.1, -0.05) is 43.9 Å². The Hall–Kier alpha value is -1.02. The number of nitrogens with two attached hydrogens (primary N) is 1. The number of benzene rings is 1.